The van der Waals surface area contributed by atoms with Gasteiger partial charge in [0.25, 0.3) is 5.91 Å². The van der Waals surface area contributed by atoms with Crippen LogP contribution in [0.2, 0.25) is 0 Å². The van der Waals surface area contributed by atoms with Crippen molar-refractivity contribution in [2.45, 2.75) is 6.10 Å². The Morgan fingerprint density at radius 1 is 0.848 bits per heavy atom. The lowest BCUT2D eigenvalue weighted by Crippen LogP contribution is -2.26. The quantitative estimate of drug-likeness (QED) is 0.532. The minimum absolute atomic E-state index is 0.210. The zero-order valence-corrected chi connectivity index (χ0v) is 19.2. The van der Waals surface area contributed by atoms with Crippen LogP contribution in [0.25, 0.3) is 0 Å². The molecule has 0 spiro atoms. The Labute approximate surface area is 193 Å². The first kappa shape index (κ1) is 23.8. The molecule has 2 amide bonds. The van der Waals surface area contributed by atoms with Crippen LogP contribution in [0.15, 0.2) is 72.8 Å². The first-order valence-corrected chi connectivity index (χ1v) is 10.4. The van der Waals surface area contributed by atoms with Gasteiger partial charge in [-0.25, -0.2) is 0 Å². The summed E-state index contributed by atoms with van der Waals surface area (Å²) in [4.78, 5) is 27.0. The van der Waals surface area contributed by atoms with Gasteiger partial charge >= 0.3 is 0 Å². The molecule has 0 fully saturated rings. The Bertz CT molecular complexity index is 1050. The summed E-state index contributed by atoms with van der Waals surface area (Å²) in [5.74, 6) is 0.117. The number of methoxy groups -OCH3 is 2. The van der Waals surface area contributed by atoms with E-state index in [4.69, 9.17) is 14.2 Å². The second-order valence-electron chi connectivity index (χ2n) is 7.51. The molecule has 0 aromatic heterocycles. The van der Waals surface area contributed by atoms with E-state index >= 15 is 0 Å². The van der Waals surface area contributed by atoms with E-state index in [2.05, 4.69) is 5.32 Å². The van der Waals surface area contributed by atoms with E-state index in [1.807, 2.05) is 60.7 Å². The van der Waals surface area contributed by atoms with Gasteiger partial charge in [-0.2, -0.15) is 0 Å². The van der Waals surface area contributed by atoms with Crippen LogP contribution >= 0.6 is 0 Å². The highest BCUT2D eigenvalue weighted by molar-refractivity contribution is 6.04. The Morgan fingerprint density at radius 2 is 1.36 bits per heavy atom. The van der Waals surface area contributed by atoms with Gasteiger partial charge in [0.05, 0.1) is 25.5 Å². The molecule has 0 saturated carbocycles. The molecular weight excluding hydrogens is 420 g/mol. The number of ether oxygens (including phenoxy) is 3. The molecule has 3 aromatic carbocycles. The van der Waals surface area contributed by atoms with Gasteiger partial charge in [0.1, 0.15) is 12.7 Å². The third-order valence-electron chi connectivity index (χ3n) is 5.02. The summed E-state index contributed by atoms with van der Waals surface area (Å²) in [6, 6.07) is 22.5. The van der Waals surface area contributed by atoms with Crippen molar-refractivity contribution >= 4 is 17.5 Å². The summed E-state index contributed by atoms with van der Waals surface area (Å²) in [6.45, 7) is -0.210. The zero-order valence-electron chi connectivity index (χ0n) is 19.2. The molecule has 0 saturated heterocycles. The van der Waals surface area contributed by atoms with Gasteiger partial charge in [0.15, 0.2) is 11.5 Å². The van der Waals surface area contributed by atoms with E-state index in [1.165, 1.54) is 19.1 Å². The molecule has 1 N–H and O–H groups in total. The fourth-order valence-corrected chi connectivity index (χ4v) is 3.39. The highest BCUT2D eigenvalue weighted by Gasteiger charge is 2.21. The first-order chi connectivity index (χ1) is 15.9. The van der Waals surface area contributed by atoms with Crippen LogP contribution in [0.3, 0.4) is 0 Å². The van der Waals surface area contributed by atoms with Crippen molar-refractivity contribution < 1.29 is 23.8 Å². The SMILES string of the molecule is COc1cc(NC(=O)COC(c2ccccc2)c2ccccc2)c(C(=O)N(C)C)cc1OC. The molecule has 3 rings (SSSR count). The lowest BCUT2D eigenvalue weighted by atomic mass is 10.0. The van der Waals surface area contributed by atoms with Crippen LogP contribution in [0.1, 0.15) is 27.6 Å². The second kappa shape index (κ2) is 11.2. The van der Waals surface area contributed by atoms with E-state index in [-0.39, 0.29) is 18.1 Å². The zero-order chi connectivity index (χ0) is 23.8. The molecule has 172 valence electrons. The van der Waals surface area contributed by atoms with Crippen LogP contribution in [0.5, 0.6) is 11.5 Å². The molecule has 3 aromatic rings. The van der Waals surface area contributed by atoms with E-state index in [1.54, 1.807) is 26.2 Å². The van der Waals surface area contributed by atoms with Crippen molar-refractivity contribution in [2.75, 3.05) is 40.2 Å². The normalized spacial score (nSPS) is 10.6. The van der Waals surface area contributed by atoms with E-state index < -0.39 is 12.0 Å². The maximum Gasteiger partial charge on any atom is 0.255 e. The number of rotatable bonds is 9. The molecule has 7 heteroatoms. The summed E-state index contributed by atoms with van der Waals surface area (Å²) < 4.78 is 16.7. The first-order valence-electron chi connectivity index (χ1n) is 10.4. The predicted molar refractivity (Wildman–Crippen MR) is 127 cm³/mol. The predicted octanol–water partition coefficient (Wildman–Crippen LogP) is 4.15. The Balaban J connectivity index is 1.82. The molecule has 0 unspecified atom stereocenters. The number of amides is 2. The van der Waals surface area contributed by atoms with Crippen LogP contribution in [-0.4, -0.2) is 51.6 Å². The van der Waals surface area contributed by atoms with Crippen LogP contribution in [0, 0.1) is 0 Å². The number of carbonyl (C=O) groups excluding carboxylic acids is 2. The molecule has 33 heavy (non-hydrogen) atoms. The third-order valence-corrected chi connectivity index (χ3v) is 5.02. The van der Waals surface area contributed by atoms with Crippen molar-refractivity contribution in [1.82, 2.24) is 4.90 Å². The van der Waals surface area contributed by atoms with Gasteiger partial charge in [-0.3, -0.25) is 9.59 Å². The Morgan fingerprint density at radius 3 is 1.85 bits per heavy atom. The van der Waals surface area contributed by atoms with Crippen LogP contribution < -0.4 is 14.8 Å². The summed E-state index contributed by atoms with van der Waals surface area (Å²) in [5, 5.41) is 2.78. The average Bonchev–Trinajstić information content (AvgIpc) is 2.84. The van der Waals surface area contributed by atoms with Crippen molar-refractivity contribution in [3.05, 3.63) is 89.5 Å². The topological polar surface area (TPSA) is 77.1 Å². The van der Waals surface area contributed by atoms with Gasteiger partial charge in [-0.1, -0.05) is 60.7 Å². The number of hydrogen-bond acceptors (Lipinski definition) is 5. The largest absolute Gasteiger partial charge is 0.493 e. The minimum atomic E-state index is -0.411. The number of carbonyl (C=O) groups is 2. The van der Waals surface area contributed by atoms with Gasteiger partial charge in [-0.15, -0.1) is 0 Å². The van der Waals surface area contributed by atoms with Crippen LogP contribution in [0.4, 0.5) is 5.69 Å². The second-order valence-corrected chi connectivity index (χ2v) is 7.51. The number of nitrogens with zero attached hydrogens (tertiary/aromatic N) is 1. The number of anilines is 1. The van der Waals surface area contributed by atoms with Crippen LogP contribution in [-0.2, 0) is 9.53 Å². The molecule has 0 atom stereocenters. The Hall–Kier alpha value is -3.84. The molecule has 0 aliphatic heterocycles. The van der Waals surface area contributed by atoms with Gasteiger partial charge in [0, 0.05) is 20.2 Å². The third kappa shape index (κ3) is 5.90. The number of benzene rings is 3. The molecule has 0 aliphatic rings. The van der Waals surface area contributed by atoms with Crippen molar-refractivity contribution in [1.29, 1.82) is 0 Å². The van der Waals surface area contributed by atoms with Gasteiger partial charge in [-0.05, 0) is 17.2 Å². The van der Waals surface area contributed by atoms with Gasteiger partial charge in [0.2, 0.25) is 5.91 Å². The highest BCUT2D eigenvalue weighted by atomic mass is 16.5. The number of nitrogens with one attached hydrogen (secondary N) is 1. The fraction of sp³-hybridized carbons (Fsp3) is 0.231. The summed E-state index contributed by atoms with van der Waals surface area (Å²) in [7, 11) is 6.25. The fourth-order valence-electron chi connectivity index (χ4n) is 3.39. The standard InChI is InChI=1S/C26H28N2O5/c1-28(2)26(30)20-15-22(31-3)23(32-4)16-21(20)27-24(29)17-33-25(18-11-7-5-8-12-18)19-13-9-6-10-14-19/h5-16,25H,17H2,1-4H3,(H,27,29). The molecule has 0 heterocycles. The molecule has 0 radical (unpaired) electrons. The van der Waals surface area contributed by atoms with Crippen molar-refractivity contribution in [3.8, 4) is 11.5 Å². The summed E-state index contributed by atoms with van der Waals surface area (Å²) >= 11 is 0. The van der Waals surface area contributed by atoms with E-state index in [0.717, 1.165) is 11.1 Å². The average molecular weight is 449 g/mol. The monoisotopic (exact) mass is 448 g/mol. The molecule has 7 nitrogen and oxygen atoms in total. The maximum atomic E-state index is 12.8. The highest BCUT2D eigenvalue weighted by Crippen LogP contribution is 2.34. The smallest absolute Gasteiger partial charge is 0.255 e. The number of hydrogen-bond donors (Lipinski definition) is 1. The maximum absolute atomic E-state index is 12.8. The lowest BCUT2D eigenvalue weighted by molar-refractivity contribution is -0.121. The van der Waals surface area contributed by atoms with E-state index in [9.17, 15) is 9.59 Å². The van der Waals surface area contributed by atoms with Crippen molar-refractivity contribution in [3.63, 3.8) is 0 Å². The molecule has 0 aliphatic carbocycles. The molecule has 0 bridgehead atoms. The van der Waals surface area contributed by atoms with Gasteiger partial charge < -0.3 is 24.4 Å². The lowest BCUT2D eigenvalue weighted by Gasteiger charge is -2.20. The Kier molecular flexibility index (Phi) is 8.05. The minimum Gasteiger partial charge on any atom is -0.493 e. The van der Waals surface area contributed by atoms with E-state index in [0.29, 0.717) is 17.2 Å². The molecular formula is C26H28N2O5. The summed E-state index contributed by atoms with van der Waals surface area (Å²) in [6.07, 6.45) is -0.411. The summed E-state index contributed by atoms with van der Waals surface area (Å²) in [5.41, 5.74) is 2.47. The van der Waals surface area contributed by atoms with Crippen molar-refractivity contribution in [2.24, 2.45) is 0 Å².